The Labute approximate surface area is 114 Å². The molecule has 0 aromatic heterocycles. The Kier molecular flexibility index (Phi) is 3.35. The molecule has 3 rings (SSSR count). The number of nitrogens with zero attached hydrogens (tertiary/aromatic N) is 1. The maximum Gasteiger partial charge on any atom is 0.148 e. The van der Waals surface area contributed by atoms with Gasteiger partial charge >= 0.3 is 0 Å². The zero-order chi connectivity index (χ0) is 13.4. The van der Waals surface area contributed by atoms with Crippen LogP contribution in [0.2, 0.25) is 0 Å². The quantitative estimate of drug-likeness (QED) is 0.806. The highest BCUT2D eigenvalue weighted by atomic mass is 19.1. The highest BCUT2D eigenvalue weighted by molar-refractivity contribution is 5.53. The molecule has 2 fully saturated rings. The van der Waals surface area contributed by atoms with Gasteiger partial charge in [-0.15, -0.1) is 0 Å². The van der Waals surface area contributed by atoms with Gasteiger partial charge in [0.05, 0.1) is 5.69 Å². The summed E-state index contributed by atoms with van der Waals surface area (Å²) in [6.07, 6.45) is 6.10. The van der Waals surface area contributed by atoms with Crippen LogP contribution in [0.25, 0.3) is 0 Å². The zero-order valence-electron chi connectivity index (χ0n) is 11.4. The molecule has 19 heavy (non-hydrogen) atoms. The summed E-state index contributed by atoms with van der Waals surface area (Å²) in [7, 11) is 2.23. The van der Waals surface area contributed by atoms with Gasteiger partial charge in [-0.05, 0) is 50.9 Å². The first-order valence-electron chi connectivity index (χ1n) is 7.17. The van der Waals surface area contributed by atoms with Crippen molar-refractivity contribution in [2.75, 3.05) is 18.1 Å². The molecule has 0 aliphatic carbocycles. The molecular formula is C15H22FN3. The smallest absolute Gasteiger partial charge is 0.148 e. The van der Waals surface area contributed by atoms with Crippen LogP contribution in [-0.4, -0.2) is 30.1 Å². The molecule has 2 unspecified atom stereocenters. The first kappa shape index (κ1) is 12.7. The Balaban J connectivity index is 1.70. The third-order valence-electron chi connectivity index (χ3n) is 4.69. The lowest BCUT2D eigenvalue weighted by Gasteiger charge is -2.47. The molecule has 0 saturated carbocycles. The molecule has 2 aliphatic heterocycles. The summed E-state index contributed by atoms with van der Waals surface area (Å²) in [5.41, 5.74) is 6.64. The molecule has 4 heteroatoms. The summed E-state index contributed by atoms with van der Waals surface area (Å²) >= 11 is 0. The second kappa shape index (κ2) is 5.00. The number of nitrogen functional groups attached to an aromatic ring is 1. The third-order valence-corrected chi connectivity index (χ3v) is 4.69. The van der Waals surface area contributed by atoms with Crippen molar-refractivity contribution >= 4 is 11.4 Å². The molecule has 2 atom stereocenters. The first-order valence-corrected chi connectivity index (χ1v) is 7.17. The molecule has 3 nitrogen and oxygen atoms in total. The van der Waals surface area contributed by atoms with E-state index in [1.807, 2.05) is 0 Å². The number of benzene rings is 1. The standard InChI is InChI=1S/C15H22FN3/c1-19-12-3-2-4-13(19)9-11(8-12)18-15-6-5-10(17)7-14(15)16/h5-7,11-13,18H,2-4,8-9,17H2,1H3. The molecule has 1 aromatic carbocycles. The summed E-state index contributed by atoms with van der Waals surface area (Å²) in [5.74, 6) is -0.246. The van der Waals surface area contributed by atoms with Crippen LogP contribution in [-0.2, 0) is 0 Å². The van der Waals surface area contributed by atoms with Crippen molar-refractivity contribution in [1.29, 1.82) is 0 Å². The lowest BCUT2D eigenvalue weighted by Crippen LogP contribution is -2.52. The molecule has 2 aliphatic rings. The monoisotopic (exact) mass is 263 g/mol. The minimum Gasteiger partial charge on any atom is -0.399 e. The average Bonchev–Trinajstić information content (AvgIpc) is 2.34. The molecule has 2 bridgehead atoms. The minimum atomic E-state index is -0.246. The molecule has 104 valence electrons. The van der Waals surface area contributed by atoms with Crippen LogP contribution in [0.1, 0.15) is 32.1 Å². The largest absolute Gasteiger partial charge is 0.399 e. The van der Waals surface area contributed by atoms with Crippen molar-refractivity contribution in [2.24, 2.45) is 0 Å². The van der Waals surface area contributed by atoms with Gasteiger partial charge < -0.3 is 16.0 Å². The van der Waals surface area contributed by atoms with Crippen molar-refractivity contribution in [1.82, 2.24) is 4.90 Å². The summed E-state index contributed by atoms with van der Waals surface area (Å²) < 4.78 is 13.8. The number of fused-ring (bicyclic) bond motifs is 2. The summed E-state index contributed by atoms with van der Waals surface area (Å²) in [6, 6.07) is 6.58. The first-order chi connectivity index (χ1) is 9.13. The summed E-state index contributed by atoms with van der Waals surface area (Å²) in [5, 5.41) is 3.37. The molecule has 0 amide bonds. The van der Waals surface area contributed by atoms with E-state index in [0.717, 1.165) is 12.8 Å². The van der Waals surface area contributed by atoms with E-state index in [4.69, 9.17) is 5.73 Å². The Bertz CT molecular complexity index is 449. The van der Waals surface area contributed by atoms with Crippen molar-refractivity contribution in [2.45, 2.75) is 50.2 Å². The van der Waals surface area contributed by atoms with Crippen LogP contribution in [0.3, 0.4) is 0 Å². The van der Waals surface area contributed by atoms with Crippen molar-refractivity contribution in [3.05, 3.63) is 24.0 Å². The van der Waals surface area contributed by atoms with Gasteiger partial charge in [0, 0.05) is 23.8 Å². The number of halogens is 1. The summed E-state index contributed by atoms with van der Waals surface area (Å²) in [4.78, 5) is 2.51. The topological polar surface area (TPSA) is 41.3 Å². The van der Waals surface area contributed by atoms with Gasteiger partial charge in [0.2, 0.25) is 0 Å². The normalized spacial score (nSPS) is 31.2. The van der Waals surface area contributed by atoms with Crippen LogP contribution >= 0.6 is 0 Å². The maximum atomic E-state index is 13.8. The van der Waals surface area contributed by atoms with Crippen molar-refractivity contribution in [3.8, 4) is 0 Å². The fourth-order valence-electron chi connectivity index (χ4n) is 3.60. The Morgan fingerprint density at radius 2 is 1.95 bits per heavy atom. The molecule has 2 saturated heterocycles. The van der Waals surface area contributed by atoms with Crippen molar-refractivity contribution < 1.29 is 4.39 Å². The maximum absolute atomic E-state index is 13.8. The number of hydrogen-bond donors (Lipinski definition) is 2. The van der Waals surface area contributed by atoms with Crippen molar-refractivity contribution in [3.63, 3.8) is 0 Å². The van der Waals surface area contributed by atoms with Crippen LogP contribution in [0, 0.1) is 5.82 Å². The highest BCUT2D eigenvalue weighted by Crippen LogP contribution is 2.34. The van der Waals surface area contributed by atoms with Gasteiger partial charge in [-0.3, -0.25) is 0 Å². The van der Waals surface area contributed by atoms with Crippen LogP contribution < -0.4 is 11.1 Å². The van der Waals surface area contributed by atoms with E-state index < -0.39 is 0 Å². The Hall–Kier alpha value is -1.29. The van der Waals surface area contributed by atoms with Crippen LogP contribution in [0.15, 0.2) is 18.2 Å². The van der Waals surface area contributed by atoms with E-state index in [1.54, 1.807) is 12.1 Å². The number of hydrogen-bond acceptors (Lipinski definition) is 3. The highest BCUT2D eigenvalue weighted by Gasteiger charge is 2.35. The number of nitrogens with two attached hydrogens (primary N) is 1. The van der Waals surface area contributed by atoms with Gasteiger partial charge in [0.15, 0.2) is 0 Å². The van der Waals surface area contributed by atoms with Crippen LogP contribution in [0.4, 0.5) is 15.8 Å². The zero-order valence-corrected chi connectivity index (χ0v) is 11.4. The van der Waals surface area contributed by atoms with Gasteiger partial charge in [0.25, 0.3) is 0 Å². The Morgan fingerprint density at radius 3 is 2.58 bits per heavy atom. The number of nitrogens with one attached hydrogen (secondary N) is 1. The van der Waals surface area contributed by atoms with Crippen LogP contribution in [0.5, 0.6) is 0 Å². The predicted molar refractivity (Wildman–Crippen MR) is 76.6 cm³/mol. The van der Waals surface area contributed by atoms with E-state index in [0.29, 0.717) is 29.5 Å². The second-order valence-corrected chi connectivity index (χ2v) is 5.96. The predicted octanol–water partition coefficient (Wildman–Crippen LogP) is 2.84. The van der Waals surface area contributed by atoms with Gasteiger partial charge in [-0.2, -0.15) is 0 Å². The fraction of sp³-hybridized carbons (Fsp3) is 0.600. The average molecular weight is 263 g/mol. The fourth-order valence-corrected chi connectivity index (χ4v) is 3.60. The van der Waals surface area contributed by atoms with E-state index in [-0.39, 0.29) is 5.82 Å². The number of anilines is 2. The molecule has 3 N–H and O–H groups in total. The van der Waals surface area contributed by atoms with E-state index in [2.05, 4.69) is 17.3 Å². The van der Waals surface area contributed by atoms with Gasteiger partial charge in [-0.25, -0.2) is 4.39 Å². The Morgan fingerprint density at radius 1 is 1.26 bits per heavy atom. The lowest BCUT2D eigenvalue weighted by atomic mass is 9.82. The number of rotatable bonds is 2. The molecule has 0 radical (unpaired) electrons. The molecule has 0 spiro atoms. The summed E-state index contributed by atoms with van der Waals surface area (Å²) in [6.45, 7) is 0. The molecular weight excluding hydrogens is 241 g/mol. The second-order valence-electron chi connectivity index (χ2n) is 5.96. The van der Waals surface area contributed by atoms with Gasteiger partial charge in [-0.1, -0.05) is 6.42 Å². The SMILES string of the molecule is CN1C2CCCC1CC(Nc1ccc(N)cc1F)C2. The van der Waals surface area contributed by atoms with E-state index in [9.17, 15) is 4.39 Å². The van der Waals surface area contributed by atoms with E-state index in [1.165, 1.54) is 25.3 Å². The van der Waals surface area contributed by atoms with E-state index >= 15 is 0 Å². The van der Waals surface area contributed by atoms with Gasteiger partial charge in [0.1, 0.15) is 5.82 Å². The lowest BCUT2D eigenvalue weighted by molar-refractivity contribution is 0.0608. The number of piperidine rings is 2. The molecule has 2 heterocycles. The third kappa shape index (κ3) is 2.54. The molecule has 1 aromatic rings. The minimum absolute atomic E-state index is 0.246.